The summed E-state index contributed by atoms with van der Waals surface area (Å²) in [6.45, 7) is 10.3. The average Bonchev–Trinajstić information content (AvgIpc) is 2.32. The van der Waals surface area contributed by atoms with Gasteiger partial charge >= 0.3 is 0 Å². The first-order valence-electron chi connectivity index (χ1n) is 6.84. The van der Waals surface area contributed by atoms with Crippen molar-refractivity contribution in [3.05, 3.63) is 48.1 Å². The summed E-state index contributed by atoms with van der Waals surface area (Å²) in [5.41, 5.74) is 2.98. The molecular formula is C17H28. The Morgan fingerprint density at radius 2 is 1.76 bits per heavy atom. The highest BCUT2D eigenvalue weighted by molar-refractivity contribution is 5.07. The fraction of sp³-hybridized carbons (Fsp3) is 0.529. The summed E-state index contributed by atoms with van der Waals surface area (Å²) < 4.78 is 0. The van der Waals surface area contributed by atoms with Gasteiger partial charge in [0, 0.05) is 0 Å². The molecule has 0 radical (unpaired) electrons. The third kappa shape index (κ3) is 9.86. The van der Waals surface area contributed by atoms with Crippen molar-refractivity contribution in [3.8, 4) is 0 Å². The summed E-state index contributed by atoms with van der Waals surface area (Å²) in [6.07, 6.45) is 18.0. The predicted octanol–water partition coefficient (Wildman–Crippen LogP) is 5.98. The van der Waals surface area contributed by atoms with Gasteiger partial charge in [0.05, 0.1) is 0 Å². The Bertz CT molecular complexity index is 276. The van der Waals surface area contributed by atoms with E-state index in [-0.39, 0.29) is 0 Å². The zero-order valence-electron chi connectivity index (χ0n) is 11.8. The van der Waals surface area contributed by atoms with Crippen LogP contribution < -0.4 is 0 Å². The lowest BCUT2D eigenvalue weighted by atomic mass is 10.1. The molecule has 0 rings (SSSR count). The molecule has 0 aliphatic rings. The van der Waals surface area contributed by atoms with Crippen LogP contribution in [0.3, 0.4) is 0 Å². The van der Waals surface area contributed by atoms with E-state index in [1.807, 2.05) is 6.08 Å². The summed E-state index contributed by atoms with van der Waals surface area (Å²) in [7, 11) is 0. The van der Waals surface area contributed by atoms with Gasteiger partial charge in [0.15, 0.2) is 0 Å². The normalized spacial score (nSPS) is 13.4. The molecule has 0 bridgehead atoms. The van der Waals surface area contributed by atoms with Crippen LogP contribution in [0.2, 0.25) is 0 Å². The number of rotatable bonds is 9. The Morgan fingerprint density at radius 3 is 2.35 bits per heavy atom. The standard InChI is InChI=1S/C17H28/c1-5-12-16(4)14-10-8-9-11-15-17(7-3)13-6-2/h5,9,11,13-14H,1,6-8,10,12,15H2,2-4H3. The third-order valence-electron chi connectivity index (χ3n) is 2.79. The molecule has 0 spiro atoms. The Kier molecular flexibility index (Phi) is 10.7. The van der Waals surface area contributed by atoms with Gasteiger partial charge in [-0.05, 0) is 45.4 Å². The van der Waals surface area contributed by atoms with Gasteiger partial charge in [-0.15, -0.1) is 6.58 Å². The van der Waals surface area contributed by atoms with Gasteiger partial charge in [-0.25, -0.2) is 0 Å². The molecule has 0 aliphatic carbocycles. The van der Waals surface area contributed by atoms with E-state index in [1.165, 1.54) is 12.0 Å². The van der Waals surface area contributed by atoms with Crippen molar-refractivity contribution >= 4 is 0 Å². The predicted molar refractivity (Wildman–Crippen MR) is 80.2 cm³/mol. The summed E-state index contributed by atoms with van der Waals surface area (Å²) >= 11 is 0. The SMILES string of the molecule is C=CCC(C)=CCCC=CCC(=CCC)CC. The van der Waals surface area contributed by atoms with E-state index >= 15 is 0 Å². The minimum Gasteiger partial charge on any atom is -0.103 e. The smallest absolute Gasteiger partial charge is 0.0139 e. The van der Waals surface area contributed by atoms with Crippen LogP contribution >= 0.6 is 0 Å². The molecule has 0 saturated heterocycles. The fourth-order valence-corrected chi connectivity index (χ4v) is 1.75. The van der Waals surface area contributed by atoms with Gasteiger partial charge in [0.1, 0.15) is 0 Å². The van der Waals surface area contributed by atoms with E-state index < -0.39 is 0 Å². The maximum Gasteiger partial charge on any atom is -0.0139 e. The summed E-state index contributed by atoms with van der Waals surface area (Å²) in [6, 6.07) is 0. The second-order valence-electron chi connectivity index (χ2n) is 4.42. The van der Waals surface area contributed by atoms with E-state index in [9.17, 15) is 0 Å². The molecule has 0 aliphatic heterocycles. The Morgan fingerprint density at radius 1 is 1.00 bits per heavy atom. The van der Waals surface area contributed by atoms with Crippen molar-refractivity contribution in [2.45, 2.75) is 59.3 Å². The maximum absolute atomic E-state index is 3.74. The molecule has 0 heterocycles. The van der Waals surface area contributed by atoms with Crippen LogP contribution in [0, 0.1) is 0 Å². The quantitative estimate of drug-likeness (QED) is 0.339. The van der Waals surface area contributed by atoms with E-state index in [2.05, 4.69) is 51.7 Å². The van der Waals surface area contributed by atoms with Gasteiger partial charge in [-0.2, -0.15) is 0 Å². The molecule has 0 nitrogen and oxygen atoms in total. The first-order chi connectivity index (χ1) is 8.24. The number of unbranched alkanes of at least 4 members (excludes halogenated alkanes) is 1. The van der Waals surface area contributed by atoms with Gasteiger partial charge in [0.2, 0.25) is 0 Å². The highest BCUT2D eigenvalue weighted by Crippen LogP contribution is 2.09. The zero-order chi connectivity index (χ0) is 12.9. The van der Waals surface area contributed by atoms with E-state index in [4.69, 9.17) is 0 Å². The number of hydrogen-bond acceptors (Lipinski definition) is 0. The molecule has 0 amide bonds. The van der Waals surface area contributed by atoms with Gasteiger partial charge < -0.3 is 0 Å². The van der Waals surface area contributed by atoms with Crippen LogP contribution in [0.15, 0.2) is 48.1 Å². The highest BCUT2D eigenvalue weighted by atomic mass is 14.0. The molecule has 0 atom stereocenters. The summed E-state index contributed by atoms with van der Waals surface area (Å²) in [5, 5.41) is 0. The molecule has 0 aromatic heterocycles. The number of hydrogen-bond donors (Lipinski definition) is 0. The van der Waals surface area contributed by atoms with E-state index in [1.54, 1.807) is 5.57 Å². The van der Waals surface area contributed by atoms with Gasteiger partial charge in [-0.3, -0.25) is 0 Å². The minimum atomic E-state index is 1.02. The lowest BCUT2D eigenvalue weighted by Crippen LogP contribution is -1.78. The van der Waals surface area contributed by atoms with E-state index in [0.29, 0.717) is 0 Å². The minimum absolute atomic E-state index is 1.02. The first-order valence-corrected chi connectivity index (χ1v) is 6.84. The molecule has 0 aromatic carbocycles. The van der Waals surface area contributed by atoms with Crippen molar-refractivity contribution in [2.75, 3.05) is 0 Å². The van der Waals surface area contributed by atoms with Crippen LogP contribution in [-0.4, -0.2) is 0 Å². The fourth-order valence-electron chi connectivity index (χ4n) is 1.75. The van der Waals surface area contributed by atoms with Crippen LogP contribution in [0.5, 0.6) is 0 Å². The molecule has 96 valence electrons. The highest BCUT2D eigenvalue weighted by Gasteiger charge is 1.89. The molecule has 0 aromatic rings. The van der Waals surface area contributed by atoms with Crippen LogP contribution in [0.25, 0.3) is 0 Å². The Labute approximate surface area is 108 Å². The second kappa shape index (κ2) is 11.4. The van der Waals surface area contributed by atoms with Crippen molar-refractivity contribution in [3.63, 3.8) is 0 Å². The van der Waals surface area contributed by atoms with Crippen LogP contribution in [0.1, 0.15) is 59.3 Å². The maximum atomic E-state index is 3.74. The molecule has 0 fully saturated rings. The second-order valence-corrected chi connectivity index (χ2v) is 4.42. The average molecular weight is 232 g/mol. The molecule has 0 heteroatoms. The van der Waals surface area contributed by atoms with Crippen molar-refractivity contribution in [1.29, 1.82) is 0 Å². The molecule has 17 heavy (non-hydrogen) atoms. The van der Waals surface area contributed by atoms with Crippen molar-refractivity contribution in [1.82, 2.24) is 0 Å². The Balaban J connectivity index is 3.78. The van der Waals surface area contributed by atoms with Crippen LogP contribution in [0.4, 0.5) is 0 Å². The molecule has 0 N–H and O–H groups in total. The van der Waals surface area contributed by atoms with Crippen molar-refractivity contribution < 1.29 is 0 Å². The largest absolute Gasteiger partial charge is 0.103 e. The number of allylic oxidation sites excluding steroid dienone is 7. The summed E-state index contributed by atoms with van der Waals surface area (Å²) in [4.78, 5) is 0. The summed E-state index contributed by atoms with van der Waals surface area (Å²) in [5.74, 6) is 0. The van der Waals surface area contributed by atoms with Crippen LogP contribution in [-0.2, 0) is 0 Å². The van der Waals surface area contributed by atoms with E-state index in [0.717, 1.165) is 32.1 Å². The molecule has 0 unspecified atom stereocenters. The Hall–Kier alpha value is -1.04. The van der Waals surface area contributed by atoms with Crippen molar-refractivity contribution in [2.24, 2.45) is 0 Å². The lowest BCUT2D eigenvalue weighted by Gasteiger charge is -1.99. The zero-order valence-corrected chi connectivity index (χ0v) is 11.8. The van der Waals surface area contributed by atoms with Gasteiger partial charge in [-0.1, -0.05) is 55.4 Å². The monoisotopic (exact) mass is 232 g/mol. The topological polar surface area (TPSA) is 0 Å². The molecular weight excluding hydrogens is 204 g/mol. The first kappa shape index (κ1) is 16.0. The van der Waals surface area contributed by atoms with Gasteiger partial charge in [0.25, 0.3) is 0 Å². The lowest BCUT2D eigenvalue weighted by molar-refractivity contribution is 0.980. The third-order valence-corrected chi connectivity index (χ3v) is 2.79. The molecule has 0 saturated carbocycles.